The molecule has 1 N–H and O–H groups in total. The highest BCUT2D eigenvalue weighted by atomic mass is 79.9. The van der Waals surface area contributed by atoms with E-state index in [-0.39, 0.29) is 4.88 Å². The smallest absolute Gasteiger partial charge is 0.200 e. The molecule has 0 spiro atoms. The number of hydrogen-bond acceptors (Lipinski definition) is 2. The lowest BCUT2D eigenvalue weighted by atomic mass is 10.1. The molecule has 0 aliphatic heterocycles. The molecule has 0 aliphatic carbocycles. The van der Waals surface area contributed by atoms with Crippen molar-refractivity contribution in [3.63, 3.8) is 0 Å². The zero-order valence-corrected chi connectivity index (χ0v) is 12.2. The summed E-state index contributed by atoms with van der Waals surface area (Å²) in [5, 5.41) is 9.93. The second kappa shape index (κ2) is 5.42. The van der Waals surface area contributed by atoms with E-state index >= 15 is 0 Å². The fourth-order valence-corrected chi connectivity index (χ4v) is 3.54. The molecule has 1 aromatic carbocycles. The second-order valence-electron chi connectivity index (χ2n) is 3.96. The zero-order chi connectivity index (χ0) is 15.2. The molecule has 0 fully saturated rings. The number of halogens is 6. The Labute approximate surface area is 122 Å². The first-order valence-corrected chi connectivity index (χ1v) is 6.81. The minimum Gasteiger partial charge on any atom is -0.383 e. The Kier molecular flexibility index (Phi) is 4.17. The minimum atomic E-state index is -2.25. The first-order valence-electron chi connectivity index (χ1n) is 5.21. The van der Waals surface area contributed by atoms with Gasteiger partial charge in [0.1, 0.15) is 6.10 Å². The third-order valence-electron chi connectivity index (χ3n) is 2.60. The molecule has 0 radical (unpaired) electrons. The molecule has 20 heavy (non-hydrogen) atoms. The van der Waals surface area contributed by atoms with Crippen LogP contribution >= 0.6 is 27.3 Å². The Hall–Kier alpha value is -0.990. The number of aryl methyl sites for hydroxylation is 1. The van der Waals surface area contributed by atoms with Gasteiger partial charge in [0.25, 0.3) is 0 Å². The topological polar surface area (TPSA) is 20.2 Å². The molecule has 108 valence electrons. The highest BCUT2D eigenvalue weighted by Gasteiger charge is 2.31. The largest absolute Gasteiger partial charge is 0.383 e. The maximum Gasteiger partial charge on any atom is 0.200 e. The molecule has 0 bridgehead atoms. The maximum absolute atomic E-state index is 13.6. The van der Waals surface area contributed by atoms with Crippen LogP contribution in [0.4, 0.5) is 22.0 Å². The molecule has 0 aliphatic rings. The average molecular weight is 373 g/mol. The van der Waals surface area contributed by atoms with Gasteiger partial charge in [-0.1, -0.05) is 0 Å². The Balaban J connectivity index is 2.67. The monoisotopic (exact) mass is 372 g/mol. The van der Waals surface area contributed by atoms with E-state index in [1.165, 1.54) is 0 Å². The number of aliphatic hydroxyl groups is 1. The van der Waals surface area contributed by atoms with E-state index in [2.05, 4.69) is 15.9 Å². The molecule has 1 nitrogen and oxygen atoms in total. The summed E-state index contributed by atoms with van der Waals surface area (Å²) in [6, 6.07) is 1.56. The van der Waals surface area contributed by atoms with Crippen LogP contribution < -0.4 is 0 Å². The molecule has 0 saturated carbocycles. The summed E-state index contributed by atoms with van der Waals surface area (Å²) in [4.78, 5) is 0.764. The molecule has 1 atom stereocenters. The minimum absolute atomic E-state index is 0.0608. The number of aliphatic hydroxyl groups excluding tert-OH is 1. The summed E-state index contributed by atoms with van der Waals surface area (Å²) in [5.74, 6) is -10.5. The quantitative estimate of drug-likeness (QED) is 0.464. The zero-order valence-electron chi connectivity index (χ0n) is 9.78. The van der Waals surface area contributed by atoms with Gasteiger partial charge in [0.15, 0.2) is 23.3 Å². The van der Waals surface area contributed by atoms with E-state index in [9.17, 15) is 27.1 Å². The summed E-state index contributed by atoms with van der Waals surface area (Å²) in [5.41, 5.74) is -1.26. The molecule has 0 amide bonds. The van der Waals surface area contributed by atoms with E-state index in [0.717, 1.165) is 11.3 Å². The van der Waals surface area contributed by atoms with Crippen molar-refractivity contribution < 1.29 is 27.1 Å². The normalized spacial score (nSPS) is 12.8. The SMILES string of the molecule is Cc1cc(Br)c(C(O)c2c(F)c(F)c(F)c(F)c2F)s1. The average Bonchev–Trinajstić information content (AvgIpc) is 2.73. The first kappa shape index (κ1) is 15.4. The molecule has 2 rings (SSSR count). The second-order valence-corrected chi connectivity index (χ2v) is 6.10. The van der Waals surface area contributed by atoms with Crippen LogP contribution in [-0.4, -0.2) is 5.11 Å². The van der Waals surface area contributed by atoms with Gasteiger partial charge in [-0.05, 0) is 28.9 Å². The van der Waals surface area contributed by atoms with Gasteiger partial charge in [-0.3, -0.25) is 0 Å². The van der Waals surface area contributed by atoms with Gasteiger partial charge < -0.3 is 5.11 Å². The van der Waals surface area contributed by atoms with Gasteiger partial charge in [-0.2, -0.15) is 0 Å². The van der Waals surface area contributed by atoms with Crippen molar-refractivity contribution in [1.82, 2.24) is 0 Å². The summed E-state index contributed by atoms with van der Waals surface area (Å²) in [6.45, 7) is 1.67. The Morgan fingerprint density at radius 2 is 1.45 bits per heavy atom. The van der Waals surface area contributed by atoms with Crippen molar-refractivity contribution in [2.45, 2.75) is 13.0 Å². The molecule has 2 aromatic rings. The molecule has 1 heterocycles. The van der Waals surface area contributed by atoms with Crippen LogP contribution in [0.5, 0.6) is 0 Å². The van der Waals surface area contributed by atoms with Crippen LogP contribution in [-0.2, 0) is 0 Å². The van der Waals surface area contributed by atoms with Crippen LogP contribution in [0.2, 0.25) is 0 Å². The van der Waals surface area contributed by atoms with Crippen molar-refractivity contribution in [2.24, 2.45) is 0 Å². The van der Waals surface area contributed by atoms with Gasteiger partial charge in [0.2, 0.25) is 5.82 Å². The lowest BCUT2D eigenvalue weighted by Crippen LogP contribution is -2.11. The standard InChI is InChI=1S/C12H6BrF5OS/c1-3-2-4(13)12(20-3)11(19)5-6(14)8(16)10(18)9(17)7(5)15/h2,11,19H,1H3. The van der Waals surface area contributed by atoms with Crippen molar-refractivity contribution in [3.05, 3.63) is 54.9 Å². The van der Waals surface area contributed by atoms with Crippen LogP contribution in [0.25, 0.3) is 0 Å². The number of thiophene rings is 1. The lowest BCUT2D eigenvalue weighted by Gasteiger charge is -2.13. The van der Waals surface area contributed by atoms with E-state index in [0.29, 0.717) is 9.35 Å². The van der Waals surface area contributed by atoms with Crippen LogP contribution in [0.3, 0.4) is 0 Å². The van der Waals surface area contributed by atoms with Gasteiger partial charge >= 0.3 is 0 Å². The van der Waals surface area contributed by atoms with Crippen LogP contribution in [0, 0.1) is 36.0 Å². The predicted molar refractivity (Wildman–Crippen MR) is 67.0 cm³/mol. The lowest BCUT2D eigenvalue weighted by molar-refractivity contribution is 0.205. The highest BCUT2D eigenvalue weighted by Crippen LogP contribution is 2.38. The van der Waals surface area contributed by atoms with Crippen molar-refractivity contribution >= 4 is 27.3 Å². The van der Waals surface area contributed by atoms with Crippen molar-refractivity contribution in [2.75, 3.05) is 0 Å². The molecule has 1 unspecified atom stereocenters. The van der Waals surface area contributed by atoms with Gasteiger partial charge in [-0.25, -0.2) is 22.0 Å². The van der Waals surface area contributed by atoms with Gasteiger partial charge in [-0.15, -0.1) is 11.3 Å². The first-order chi connectivity index (χ1) is 9.25. The summed E-state index contributed by atoms with van der Waals surface area (Å²) in [7, 11) is 0. The summed E-state index contributed by atoms with van der Waals surface area (Å²) in [6.07, 6.45) is -1.95. The molecule has 0 saturated heterocycles. The summed E-state index contributed by atoms with van der Waals surface area (Å²) < 4.78 is 66.6. The maximum atomic E-state index is 13.6. The fourth-order valence-electron chi connectivity index (χ4n) is 1.68. The number of rotatable bonds is 2. The highest BCUT2D eigenvalue weighted by molar-refractivity contribution is 9.10. The van der Waals surface area contributed by atoms with E-state index in [1.54, 1.807) is 13.0 Å². The van der Waals surface area contributed by atoms with Crippen LogP contribution in [0.1, 0.15) is 21.4 Å². The molecular formula is C12H6BrF5OS. The Morgan fingerprint density at radius 1 is 1.00 bits per heavy atom. The molecule has 8 heteroatoms. The van der Waals surface area contributed by atoms with E-state index in [1.807, 2.05) is 0 Å². The summed E-state index contributed by atoms with van der Waals surface area (Å²) >= 11 is 4.04. The van der Waals surface area contributed by atoms with Crippen molar-refractivity contribution in [1.29, 1.82) is 0 Å². The van der Waals surface area contributed by atoms with Crippen LogP contribution in [0.15, 0.2) is 10.5 Å². The molecular weight excluding hydrogens is 367 g/mol. The third-order valence-corrected chi connectivity index (χ3v) is 4.62. The third kappa shape index (κ3) is 2.36. The van der Waals surface area contributed by atoms with E-state index < -0.39 is 40.8 Å². The number of benzene rings is 1. The van der Waals surface area contributed by atoms with Crippen molar-refractivity contribution in [3.8, 4) is 0 Å². The molecule has 1 aromatic heterocycles. The Bertz CT molecular complexity index is 656. The van der Waals surface area contributed by atoms with Gasteiger partial charge in [0.05, 0.1) is 10.4 Å². The predicted octanol–water partition coefficient (Wildman–Crippen LogP) is 4.60. The van der Waals surface area contributed by atoms with Gasteiger partial charge in [0, 0.05) is 9.35 Å². The van der Waals surface area contributed by atoms with E-state index in [4.69, 9.17) is 0 Å². The fraction of sp³-hybridized carbons (Fsp3) is 0.167. The number of hydrogen-bond donors (Lipinski definition) is 1. The Morgan fingerprint density at radius 3 is 1.85 bits per heavy atom.